The summed E-state index contributed by atoms with van der Waals surface area (Å²) in [7, 11) is 0. The third-order valence-corrected chi connectivity index (χ3v) is 3.58. The Hall–Kier alpha value is -2.69. The molecule has 1 aliphatic rings. The van der Waals surface area contributed by atoms with Crippen molar-refractivity contribution < 1.29 is 9.18 Å². The average Bonchev–Trinajstić information content (AvgIpc) is 2.77. The van der Waals surface area contributed by atoms with E-state index in [0.29, 0.717) is 11.1 Å². The third kappa shape index (κ3) is 2.27. The Morgan fingerprint density at radius 3 is 2.38 bits per heavy atom. The summed E-state index contributed by atoms with van der Waals surface area (Å²) in [6.07, 6.45) is 0.121. The Balaban J connectivity index is 2.11. The minimum Gasteiger partial charge on any atom is -0.370 e. The van der Waals surface area contributed by atoms with Crippen molar-refractivity contribution in [2.75, 3.05) is 0 Å². The summed E-state index contributed by atoms with van der Waals surface area (Å²) in [5.74, 6) is -0.643. The van der Waals surface area contributed by atoms with Crippen molar-refractivity contribution in [1.29, 1.82) is 0 Å². The smallest absolute Gasteiger partial charge is 0.259 e. The third-order valence-electron chi connectivity index (χ3n) is 3.58. The molecule has 3 N–H and O–H groups in total. The highest BCUT2D eigenvalue weighted by Gasteiger charge is 2.45. The number of halogens is 1. The van der Waals surface area contributed by atoms with E-state index in [1.807, 2.05) is 18.2 Å². The van der Waals surface area contributed by atoms with Crippen molar-refractivity contribution in [1.82, 2.24) is 5.32 Å². The molecule has 2 aromatic rings. The lowest BCUT2D eigenvalue weighted by molar-refractivity contribution is -0.124. The molecule has 3 rings (SSSR count). The predicted molar refractivity (Wildman–Crippen MR) is 78.0 cm³/mol. The quantitative estimate of drug-likeness (QED) is 0.900. The molecule has 1 amide bonds. The van der Waals surface area contributed by atoms with Gasteiger partial charge in [0.05, 0.1) is 0 Å². The first kappa shape index (κ1) is 13.3. The van der Waals surface area contributed by atoms with Crippen molar-refractivity contribution >= 4 is 11.9 Å². The van der Waals surface area contributed by atoms with Crippen LogP contribution in [0.25, 0.3) is 0 Å². The summed E-state index contributed by atoms with van der Waals surface area (Å²) < 4.78 is 13.9. The van der Waals surface area contributed by atoms with Crippen LogP contribution in [0.3, 0.4) is 0 Å². The van der Waals surface area contributed by atoms with Gasteiger partial charge in [-0.1, -0.05) is 48.5 Å². The van der Waals surface area contributed by atoms with Gasteiger partial charge in [0, 0.05) is 6.42 Å². The summed E-state index contributed by atoms with van der Waals surface area (Å²) in [4.78, 5) is 16.7. The van der Waals surface area contributed by atoms with Crippen molar-refractivity contribution in [3.63, 3.8) is 0 Å². The summed E-state index contributed by atoms with van der Waals surface area (Å²) in [5, 5.41) is 2.51. The molecule has 5 heteroatoms. The number of nitrogens with zero attached hydrogens (tertiary/aromatic N) is 1. The molecule has 0 saturated carbocycles. The predicted octanol–water partition coefficient (Wildman–Crippen LogP) is 1.71. The summed E-state index contributed by atoms with van der Waals surface area (Å²) in [6.45, 7) is 0. The molecule has 4 nitrogen and oxygen atoms in total. The van der Waals surface area contributed by atoms with Gasteiger partial charge in [-0.25, -0.2) is 9.38 Å². The lowest BCUT2D eigenvalue weighted by atomic mass is 9.84. The van der Waals surface area contributed by atoms with E-state index in [1.165, 1.54) is 6.07 Å². The van der Waals surface area contributed by atoms with Gasteiger partial charge in [-0.05, 0) is 17.2 Å². The Labute approximate surface area is 121 Å². The van der Waals surface area contributed by atoms with Crippen LogP contribution < -0.4 is 11.1 Å². The zero-order valence-electron chi connectivity index (χ0n) is 11.2. The highest BCUT2D eigenvalue weighted by molar-refractivity contribution is 6.07. The molecular weight excluding hydrogens is 269 g/mol. The van der Waals surface area contributed by atoms with E-state index in [0.717, 1.165) is 0 Å². The van der Waals surface area contributed by atoms with Crippen LogP contribution in [0.15, 0.2) is 59.6 Å². The number of nitrogens with one attached hydrogen (secondary N) is 1. The number of amides is 1. The Kier molecular flexibility index (Phi) is 3.17. The maximum absolute atomic E-state index is 13.9. The summed E-state index contributed by atoms with van der Waals surface area (Å²) in [6, 6.07) is 15.4. The molecule has 0 spiro atoms. The number of carbonyl (C=O) groups is 1. The molecule has 1 heterocycles. The van der Waals surface area contributed by atoms with Crippen molar-refractivity contribution in [2.45, 2.75) is 12.0 Å². The molecule has 1 unspecified atom stereocenters. The highest BCUT2D eigenvalue weighted by atomic mass is 19.1. The van der Waals surface area contributed by atoms with Gasteiger partial charge in [0.25, 0.3) is 5.91 Å². The normalized spacial score (nSPS) is 21.0. The SMILES string of the molecule is NC1=NC(Cc2ccccc2F)(c2ccccc2)C(=O)N1. The van der Waals surface area contributed by atoms with E-state index in [4.69, 9.17) is 5.73 Å². The van der Waals surface area contributed by atoms with E-state index < -0.39 is 5.54 Å². The fraction of sp³-hybridized carbons (Fsp3) is 0.125. The number of nitrogens with two attached hydrogens (primary N) is 1. The Bertz CT molecular complexity index is 714. The Morgan fingerprint density at radius 2 is 1.76 bits per heavy atom. The topological polar surface area (TPSA) is 67.5 Å². The molecule has 0 fully saturated rings. The molecule has 21 heavy (non-hydrogen) atoms. The van der Waals surface area contributed by atoms with Crippen molar-refractivity contribution in [3.8, 4) is 0 Å². The van der Waals surface area contributed by atoms with Gasteiger partial charge in [0.1, 0.15) is 5.82 Å². The fourth-order valence-electron chi connectivity index (χ4n) is 2.55. The second kappa shape index (κ2) is 5.01. The molecule has 0 radical (unpaired) electrons. The molecule has 0 aliphatic carbocycles. The average molecular weight is 283 g/mol. The van der Waals surface area contributed by atoms with Crippen LogP contribution in [0.1, 0.15) is 11.1 Å². The van der Waals surface area contributed by atoms with Gasteiger partial charge in [0.2, 0.25) is 0 Å². The minimum atomic E-state index is -1.21. The molecule has 1 aliphatic heterocycles. The zero-order chi connectivity index (χ0) is 14.9. The number of guanidine groups is 1. The number of benzene rings is 2. The molecule has 1 atom stereocenters. The molecule has 2 aromatic carbocycles. The van der Waals surface area contributed by atoms with Gasteiger partial charge in [-0.3, -0.25) is 10.1 Å². The molecular formula is C16H14FN3O. The maximum Gasteiger partial charge on any atom is 0.259 e. The number of aliphatic imine (C=N–C) groups is 1. The first-order valence-corrected chi connectivity index (χ1v) is 6.57. The minimum absolute atomic E-state index is 0.0557. The standard InChI is InChI=1S/C16H14FN3O/c17-13-9-5-4-6-11(13)10-16(12-7-2-1-3-8-12)14(21)19-15(18)20-16/h1-9H,10H2,(H3,18,19,20,21). The van der Waals surface area contributed by atoms with Crippen LogP contribution in [-0.2, 0) is 16.8 Å². The fourth-order valence-corrected chi connectivity index (χ4v) is 2.55. The van der Waals surface area contributed by atoms with E-state index in [1.54, 1.807) is 30.3 Å². The number of hydrogen-bond donors (Lipinski definition) is 2. The largest absolute Gasteiger partial charge is 0.370 e. The Morgan fingerprint density at radius 1 is 1.10 bits per heavy atom. The second-order valence-corrected chi connectivity index (χ2v) is 4.95. The van der Waals surface area contributed by atoms with Crippen LogP contribution >= 0.6 is 0 Å². The van der Waals surface area contributed by atoms with E-state index in [2.05, 4.69) is 10.3 Å². The van der Waals surface area contributed by atoms with Crippen LogP contribution in [0.5, 0.6) is 0 Å². The lowest BCUT2D eigenvalue weighted by Gasteiger charge is -2.24. The lowest BCUT2D eigenvalue weighted by Crippen LogP contribution is -2.40. The highest BCUT2D eigenvalue weighted by Crippen LogP contribution is 2.33. The van der Waals surface area contributed by atoms with Gasteiger partial charge in [-0.2, -0.15) is 0 Å². The first-order valence-electron chi connectivity index (χ1n) is 6.57. The van der Waals surface area contributed by atoms with Crippen LogP contribution in [0.4, 0.5) is 4.39 Å². The van der Waals surface area contributed by atoms with E-state index in [-0.39, 0.29) is 24.1 Å². The van der Waals surface area contributed by atoms with Crippen LogP contribution in [-0.4, -0.2) is 11.9 Å². The van der Waals surface area contributed by atoms with Crippen molar-refractivity contribution in [2.24, 2.45) is 10.7 Å². The number of rotatable bonds is 3. The zero-order valence-corrected chi connectivity index (χ0v) is 11.2. The molecule has 106 valence electrons. The summed E-state index contributed by atoms with van der Waals surface area (Å²) in [5.41, 5.74) is 5.55. The van der Waals surface area contributed by atoms with Gasteiger partial charge >= 0.3 is 0 Å². The van der Waals surface area contributed by atoms with Crippen LogP contribution in [0.2, 0.25) is 0 Å². The second-order valence-electron chi connectivity index (χ2n) is 4.95. The molecule has 0 bridgehead atoms. The van der Waals surface area contributed by atoms with Gasteiger partial charge < -0.3 is 5.73 Å². The van der Waals surface area contributed by atoms with Crippen LogP contribution in [0, 0.1) is 5.82 Å². The van der Waals surface area contributed by atoms with E-state index in [9.17, 15) is 9.18 Å². The van der Waals surface area contributed by atoms with E-state index >= 15 is 0 Å². The van der Waals surface area contributed by atoms with Gasteiger partial charge in [-0.15, -0.1) is 0 Å². The molecule has 0 saturated heterocycles. The maximum atomic E-state index is 13.9. The summed E-state index contributed by atoms with van der Waals surface area (Å²) >= 11 is 0. The number of carbonyl (C=O) groups excluding carboxylic acids is 1. The van der Waals surface area contributed by atoms with Crippen molar-refractivity contribution in [3.05, 3.63) is 71.5 Å². The molecule has 0 aromatic heterocycles. The monoisotopic (exact) mass is 283 g/mol. The number of hydrogen-bond acceptors (Lipinski definition) is 3. The van der Waals surface area contributed by atoms with Gasteiger partial charge in [0.15, 0.2) is 11.5 Å². The first-order chi connectivity index (χ1) is 10.1.